The molecule has 0 aromatic carbocycles. The molecule has 5 nitrogen and oxygen atoms in total. The van der Waals surface area contributed by atoms with Gasteiger partial charge >= 0.3 is 5.97 Å². The quantitative estimate of drug-likeness (QED) is 0.706. The van der Waals surface area contributed by atoms with Gasteiger partial charge < -0.3 is 15.3 Å². The fourth-order valence-corrected chi connectivity index (χ4v) is 2.41. The molecule has 1 unspecified atom stereocenters. The number of rotatable bonds is 3. The molecule has 0 saturated carbocycles. The van der Waals surface area contributed by atoms with Crippen molar-refractivity contribution >= 4 is 11.9 Å². The van der Waals surface area contributed by atoms with Crippen molar-refractivity contribution in [1.29, 1.82) is 0 Å². The van der Waals surface area contributed by atoms with Crippen molar-refractivity contribution in [2.45, 2.75) is 25.8 Å². The second-order valence-corrected chi connectivity index (χ2v) is 4.73. The van der Waals surface area contributed by atoms with Crippen molar-refractivity contribution in [2.75, 3.05) is 19.6 Å². The van der Waals surface area contributed by atoms with E-state index in [4.69, 9.17) is 5.11 Å². The Bertz CT molecular complexity index is 302. The molecule has 5 heteroatoms. The molecule has 2 fully saturated rings. The van der Waals surface area contributed by atoms with E-state index < -0.39 is 12.0 Å². The van der Waals surface area contributed by atoms with E-state index in [1.165, 1.54) is 0 Å². The first-order valence-electron chi connectivity index (χ1n) is 5.85. The first-order chi connectivity index (χ1) is 7.61. The van der Waals surface area contributed by atoms with E-state index in [1.807, 2.05) is 6.92 Å². The van der Waals surface area contributed by atoms with Crippen LogP contribution in [-0.4, -0.2) is 47.6 Å². The summed E-state index contributed by atoms with van der Waals surface area (Å²) in [5.74, 6) is -0.537. The average Bonchev–Trinajstić information content (AvgIpc) is 2.61. The monoisotopic (exact) mass is 226 g/mol. The lowest BCUT2D eigenvalue weighted by Gasteiger charge is -2.34. The largest absolute Gasteiger partial charge is 0.480 e. The molecule has 0 bridgehead atoms. The molecule has 2 saturated heterocycles. The topological polar surface area (TPSA) is 69.6 Å². The van der Waals surface area contributed by atoms with E-state index in [9.17, 15) is 9.59 Å². The maximum atomic E-state index is 12.1. The highest BCUT2D eigenvalue weighted by molar-refractivity contribution is 5.85. The molecule has 0 spiro atoms. The summed E-state index contributed by atoms with van der Waals surface area (Å²) < 4.78 is 0. The van der Waals surface area contributed by atoms with Crippen LogP contribution in [0.4, 0.5) is 0 Å². The van der Waals surface area contributed by atoms with Gasteiger partial charge in [-0.1, -0.05) is 6.92 Å². The van der Waals surface area contributed by atoms with Crippen LogP contribution in [0.25, 0.3) is 0 Å². The van der Waals surface area contributed by atoms with Gasteiger partial charge in [-0.15, -0.1) is 0 Å². The Morgan fingerprint density at radius 1 is 1.44 bits per heavy atom. The van der Waals surface area contributed by atoms with Crippen molar-refractivity contribution in [3.63, 3.8) is 0 Å². The third-order valence-corrected chi connectivity index (χ3v) is 3.73. The van der Waals surface area contributed by atoms with Crippen LogP contribution in [0.2, 0.25) is 0 Å². The summed E-state index contributed by atoms with van der Waals surface area (Å²) >= 11 is 0. The summed E-state index contributed by atoms with van der Waals surface area (Å²) in [5.41, 5.74) is 0. The van der Waals surface area contributed by atoms with Gasteiger partial charge in [0.05, 0.1) is 0 Å². The summed E-state index contributed by atoms with van der Waals surface area (Å²) in [7, 11) is 0. The van der Waals surface area contributed by atoms with E-state index in [1.54, 1.807) is 4.90 Å². The number of hydrogen-bond acceptors (Lipinski definition) is 3. The second kappa shape index (κ2) is 4.41. The minimum Gasteiger partial charge on any atom is -0.480 e. The Labute approximate surface area is 94.8 Å². The second-order valence-electron chi connectivity index (χ2n) is 4.73. The van der Waals surface area contributed by atoms with Crippen molar-refractivity contribution in [3.8, 4) is 0 Å². The van der Waals surface area contributed by atoms with Crippen LogP contribution in [0.15, 0.2) is 0 Å². The fourth-order valence-electron chi connectivity index (χ4n) is 2.41. The normalized spacial score (nSPS) is 27.6. The zero-order chi connectivity index (χ0) is 11.7. The van der Waals surface area contributed by atoms with Crippen LogP contribution < -0.4 is 5.32 Å². The van der Waals surface area contributed by atoms with E-state index in [0.717, 1.165) is 19.5 Å². The van der Waals surface area contributed by atoms with E-state index in [2.05, 4.69) is 5.32 Å². The summed E-state index contributed by atoms with van der Waals surface area (Å²) in [6, 6.07) is -0.594. The minimum atomic E-state index is -0.871. The Hall–Kier alpha value is -1.10. The molecule has 2 rings (SSSR count). The Kier molecular flexibility index (Phi) is 3.14. The third kappa shape index (κ3) is 1.91. The highest BCUT2D eigenvalue weighted by Gasteiger charge is 2.38. The van der Waals surface area contributed by atoms with Crippen LogP contribution in [0.5, 0.6) is 0 Å². The van der Waals surface area contributed by atoms with Gasteiger partial charge in [-0.25, -0.2) is 4.79 Å². The Morgan fingerprint density at radius 3 is 2.62 bits per heavy atom. The molecule has 1 amide bonds. The van der Waals surface area contributed by atoms with Crippen LogP contribution in [0.3, 0.4) is 0 Å². The number of carboxylic acid groups (broad SMARTS) is 1. The number of nitrogens with zero attached hydrogens (tertiary/aromatic N) is 1. The van der Waals surface area contributed by atoms with E-state index >= 15 is 0 Å². The lowest BCUT2D eigenvalue weighted by atomic mass is 9.88. The molecule has 2 atom stereocenters. The fraction of sp³-hybridized carbons (Fsp3) is 0.818. The first-order valence-corrected chi connectivity index (χ1v) is 5.85. The van der Waals surface area contributed by atoms with Crippen LogP contribution in [0.1, 0.15) is 19.8 Å². The number of nitrogens with one attached hydrogen (secondary N) is 1. The van der Waals surface area contributed by atoms with Gasteiger partial charge in [0.1, 0.15) is 6.04 Å². The molecule has 0 aliphatic carbocycles. The molecular formula is C11H18N2O3. The van der Waals surface area contributed by atoms with Gasteiger partial charge in [0.15, 0.2) is 0 Å². The van der Waals surface area contributed by atoms with Gasteiger partial charge in [-0.3, -0.25) is 4.79 Å². The molecule has 0 aromatic heterocycles. The smallest absolute Gasteiger partial charge is 0.326 e. The zero-order valence-electron chi connectivity index (χ0n) is 9.48. The zero-order valence-corrected chi connectivity index (χ0v) is 9.48. The highest BCUT2D eigenvalue weighted by Crippen LogP contribution is 2.24. The number of hydrogen-bond donors (Lipinski definition) is 2. The van der Waals surface area contributed by atoms with Crippen molar-refractivity contribution in [2.24, 2.45) is 11.8 Å². The van der Waals surface area contributed by atoms with Gasteiger partial charge in [0, 0.05) is 12.5 Å². The molecule has 16 heavy (non-hydrogen) atoms. The highest BCUT2D eigenvalue weighted by atomic mass is 16.4. The molecule has 90 valence electrons. The molecule has 0 radical (unpaired) electrons. The van der Waals surface area contributed by atoms with Crippen LogP contribution >= 0.6 is 0 Å². The van der Waals surface area contributed by atoms with Crippen molar-refractivity contribution in [3.05, 3.63) is 0 Å². The third-order valence-electron chi connectivity index (χ3n) is 3.73. The van der Waals surface area contributed by atoms with Gasteiger partial charge in [-0.2, -0.15) is 0 Å². The predicted octanol–water partition coefficient (Wildman–Crippen LogP) is -0.0825. The molecule has 2 heterocycles. The number of carbonyl (C=O) groups excluding carboxylic acids is 1. The van der Waals surface area contributed by atoms with Crippen LogP contribution in [0, 0.1) is 11.8 Å². The standard InChI is InChI=1S/C11H18N2O3/c1-7(8-5-12-6-8)10(14)13-4-2-3-9(13)11(15)16/h7-9,12H,2-6H2,1H3,(H,15,16)/t7?,9-/m0/s1. The Balaban J connectivity index is 1.99. The summed E-state index contributed by atoms with van der Waals surface area (Å²) in [5, 5.41) is 12.2. The summed E-state index contributed by atoms with van der Waals surface area (Å²) in [4.78, 5) is 24.7. The molecule has 0 aromatic rings. The molecule has 2 aliphatic heterocycles. The lowest BCUT2D eigenvalue weighted by molar-refractivity contribution is -0.150. The van der Waals surface area contributed by atoms with Crippen LogP contribution in [-0.2, 0) is 9.59 Å². The van der Waals surface area contributed by atoms with Gasteiger partial charge in [0.25, 0.3) is 0 Å². The average molecular weight is 226 g/mol. The van der Waals surface area contributed by atoms with Crippen molar-refractivity contribution in [1.82, 2.24) is 10.2 Å². The van der Waals surface area contributed by atoms with Crippen molar-refractivity contribution < 1.29 is 14.7 Å². The lowest BCUT2D eigenvalue weighted by Crippen LogP contribution is -2.52. The van der Waals surface area contributed by atoms with E-state index in [-0.39, 0.29) is 11.8 Å². The number of aliphatic carboxylic acids is 1. The number of likely N-dealkylation sites (tertiary alicyclic amines) is 1. The van der Waals surface area contributed by atoms with E-state index in [0.29, 0.717) is 18.9 Å². The minimum absolute atomic E-state index is 0.0106. The maximum absolute atomic E-state index is 12.1. The summed E-state index contributed by atoms with van der Waals surface area (Å²) in [6.07, 6.45) is 1.40. The molecule has 2 N–H and O–H groups in total. The molecule has 2 aliphatic rings. The SMILES string of the molecule is CC(C(=O)N1CCC[C@H]1C(=O)O)C1CNC1. The number of amides is 1. The first kappa shape index (κ1) is 11.4. The predicted molar refractivity (Wildman–Crippen MR) is 57.9 cm³/mol. The Morgan fingerprint density at radius 2 is 2.12 bits per heavy atom. The van der Waals surface area contributed by atoms with Gasteiger partial charge in [0.2, 0.25) is 5.91 Å². The number of carbonyl (C=O) groups is 2. The van der Waals surface area contributed by atoms with Gasteiger partial charge in [-0.05, 0) is 31.8 Å². The summed E-state index contributed by atoms with van der Waals surface area (Å²) in [6.45, 7) is 4.25. The maximum Gasteiger partial charge on any atom is 0.326 e. The molecular weight excluding hydrogens is 208 g/mol. The number of carboxylic acids is 1.